The highest BCUT2D eigenvalue weighted by Gasteiger charge is 2.12. The van der Waals surface area contributed by atoms with Crippen molar-refractivity contribution < 1.29 is 4.42 Å². The number of rotatable bonds is 5. The first-order valence-corrected chi connectivity index (χ1v) is 6.68. The van der Waals surface area contributed by atoms with E-state index >= 15 is 0 Å². The lowest BCUT2D eigenvalue weighted by Gasteiger charge is -2.10. The molecule has 0 aliphatic carbocycles. The Labute approximate surface area is 110 Å². The van der Waals surface area contributed by atoms with E-state index in [1.54, 1.807) is 12.5 Å². The molecule has 1 N–H and O–H groups in total. The Balaban J connectivity index is 2.34. The van der Waals surface area contributed by atoms with Crippen molar-refractivity contribution in [1.82, 2.24) is 15.0 Å². The Morgan fingerprint density at radius 1 is 1.39 bits per heavy atom. The van der Waals surface area contributed by atoms with Crippen LogP contribution >= 0.6 is 11.8 Å². The van der Waals surface area contributed by atoms with Crippen LogP contribution in [0.15, 0.2) is 27.1 Å². The number of aromatic nitrogens is 3. The van der Waals surface area contributed by atoms with Gasteiger partial charge in [0, 0.05) is 19.0 Å². The Hall–Kier alpha value is -1.56. The van der Waals surface area contributed by atoms with Crippen molar-refractivity contribution in [2.24, 2.45) is 0 Å². The van der Waals surface area contributed by atoms with Gasteiger partial charge < -0.3 is 9.73 Å². The highest BCUT2D eigenvalue weighted by Crippen LogP contribution is 2.30. The lowest BCUT2D eigenvalue weighted by atomic mass is 10.3. The van der Waals surface area contributed by atoms with Crippen LogP contribution in [-0.2, 0) is 6.42 Å². The number of nitrogens with one attached hydrogen (secondary N) is 1. The van der Waals surface area contributed by atoms with Crippen LogP contribution in [0.3, 0.4) is 0 Å². The number of oxazole rings is 1. The molecule has 0 aromatic carbocycles. The van der Waals surface area contributed by atoms with Crippen LogP contribution in [0.2, 0.25) is 0 Å². The van der Waals surface area contributed by atoms with Crippen molar-refractivity contribution in [2.45, 2.75) is 36.9 Å². The zero-order valence-corrected chi connectivity index (χ0v) is 11.5. The van der Waals surface area contributed by atoms with E-state index in [-0.39, 0.29) is 0 Å². The molecule has 0 bridgehead atoms. The van der Waals surface area contributed by atoms with Crippen molar-refractivity contribution in [2.75, 3.05) is 12.4 Å². The zero-order chi connectivity index (χ0) is 13.0. The third kappa shape index (κ3) is 2.81. The highest BCUT2D eigenvalue weighted by atomic mass is 32.2. The quantitative estimate of drug-likeness (QED) is 0.838. The van der Waals surface area contributed by atoms with Crippen molar-refractivity contribution in [3.05, 3.63) is 23.8 Å². The summed E-state index contributed by atoms with van der Waals surface area (Å²) < 4.78 is 5.24. The fourth-order valence-electron chi connectivity index (χ4n) is 1.56. The van der Waals surface area contributed by atoms with Crippen molar-refractivity contribution in [3.63, 3.8) is 0 Å². The summed E-state index contributed by atoms with van der Waals surface area (Å²) in [5.74, 6) is 1.71. The molecule has 0 amide bonds. The van der Waals surface area contributed by atoms with Gasteiger partial charge in [0.15, 0.2) is 0 Å². The van der Waals surface area contributed by atoms with Crippen LogP contribution in [0.25, 0.3) is 0 Å². The van der Waals surface area contributed by atoms with Gasteiger partial charge in [-0.2, -0.15) is 0 Å². The van der Waals surface area contributed by atoms with E-state index in [1.165, 1.54) is 11.8 Å². The molecule has 0 unspecified atom stereocenters. The van der Waals surface area contributed by atoms with Gasteiger partial charge in [0.2, 0.25) is 0 Å². The summed E-state index contributed by atoms with van der Waals surface area (Å²) in [7, 11) is 1.87. The van der Waals surface area contributed by atoms with Crippen molar-refractivity contribution in [3.8, 4) is 0 Å². The minimum atomic E-state index is 0.598. The summed E-state index contributed by atoms with van der Waals surface area (Å²) in [6.45, 7) is 4.11. The van der Waals surface area contributed by atoms with Gasteiger partial charge in [0.05, 0.1) is 6.20 Å². The number of hydrogen-bond acceptors (Lipinski definition) is 6. The Kier molecular flexibility index (Phi) is 4.19. The van der Waals surface area contributed by atoms with E-state index in [4.69, 9.17) is 4.42 Å². The van der Waals surface area contributed by atoms with Crippen LogP contribution in [-0.4, -0.2) is 22.0 Å². The molecule has 2 aromatic heterocycles. The highest BCUT2D eigenvalue weighted by molar-refractivity contribution is 7.99. The van der Waals surface area contributed by atoms with E-state index in [0.717, 1.165) is 35.1 Å². The second-order valence-electron chi connectivity index (χ2n) is 3.82. The topological polar surface area (TPSA) is 63.8 Å². The number of anilines is 1. The molecule has 0 atom stereocenters. The predicted octanol–water partition coefficient (Wildman–Crippen LogP) is 2.92. The smallest absolute Gasteiger partial charge is 0.261 e. The molecule has 0 fully saturated rings. The summed E-state index contributed by atoms with van der Waals surface area (Å²) >= 11 is 1.42. The summed E-state index contributed by atoms with van der Waals surface area (Å²) in [4.78, 5) is 13.1. The number of hydrogen-bond donors (Lipinski definition) is 1. The maximum absolute atomic E-state index is 5.24. The van der Waals surface area contributed by atoms with E-state index in [2.05, 4.69) is 27.2 Å². The van der Waals surface area contributed by atoms with E-state index in [9.17, 15) is 0 Å². The fourth-order valence-corrected chi connectivity index (χ4v) is 2.35. The third-order valence-electron chi connectivity index (χ3n) is 2.45. The van der Waals surface area contributed by atoms with Gasteiger partial charge in [-0.15, -0.1) is 0 Å². The van der Waals surface area contributed by atoms with Crippen LogP contribution in [0.5, 0.6) is 0 Å². The average Bonchev–Trinajstić information content (AvgIpc) is 2.86. The van der Waals surface area contributed by atoms with Gasteiger partial charge in [0.1, 0.15) is 22.9 Å². The molecule has 0 spiro atoms. The zero-order valence-electron chi connectivity index (χ0n) is 10.7. The van der Waals surface area contributed by atoms with E-state index in [0.29, 0.717) is 5.22 Å². The number of nitrogens with zero attached hydrogens (tertiary/aromatic N) is 3. The molecule has 0 radical (unpaired) electrons. The Bertz CT molecular complexity index is 513. The first kappa shape index (κ1) is 12.9. The molecule has 0 aliphatic rings. The molecule has 2 heterocycles. The van der Waals surface area contributed by atoms with Crippen molar-refractivity contribution in [1.29, 1.82) is 0 Å². The molecule has 96 valence electrons. The minimum absolute atomic E-state index is 0.598. The standard InChI is InChI=1S/C12H16N4OS/c1-4-5-9-15-10(13-3)8(2)11(16-9)18-12-14-6-7-17-12/h6-7H,4-5H2,1-3H3,(H,13,15,16). The molecule has 6 heteroatoms. The molecule has 18 heavy (non-hydrogen) atoms. The summed E-state index contributed by atoms with van der Waals surface area (Å²) in [6, 6.07) is 0. The van der Waals surface area contributed by atoms with Crippen LogP contribution in [0.1, 0.15) is 24.7 Å². The maximum Gasteiger partial charge on any atom is 0.261 e. The second-order valence-corrected chi connectivity index (χ2v) is 4.76. The maximum atomic E-state index is 5.24. The van der Waals surface area contributed by atoms with Crippen molar-refractivity contribution >= 4 is 17.6 Å². The second kappa shape index (κ2) is 5.86. The van der Waals surface area contributed by atoms with Gasteiger partial charge in [-0.3, -0.25) is 0 Å². The molecule has 0 saturated heterocycles. The normalized spacial score (nSPS) is 10.6. The van der Waals surface area contributed by atoms with Crippen LogP contribution in [0, 0.1) is 6.92 Å². The summed E-state index contributed by atoms with van der Waals surface area (Å²) in [5.41, 5.74) is 1.01. The van der Waals surface area contributed by atoms with Gasteiger partial charge in [-0.25, -0.2) is 15.0 Å². The average molecular weight is 264 g/mol. The number of aryl methyl sites for hydroxylation is 1. The van der Waals surface area contributed by atoms with Gasteiger partial charge in [-0.1, -0.05) is 6.92 Å². The molecule has 0 aliphatic heterocycles. The largest absolute Gasteiger partial charge is 0.440 e. The summed E-state index contributed by atoms with van der Waals surface area (Å²) in [5, 5.41) is 4.59. The monoisotopic (exact) mass is 264 g/mol. The minimum Gasteiger partial charge on any atom is -0.440 e. The lowest BCUT2D eigenvalue weighted by molar-refractivity contribution is 0.454. The van der Waals surface area contributed by atoms with Gasteiger partial charge >= 0.3 is 0 Å². The lowest BCUT2D eigenvalue weighted by Crippen LogP contribution is -2.04. The molecule has 5 nitrogen and oxygen atoms in total. The first-order valence-electron chi connectivity index (χ1n) is 5.87. The Morgan fingerprint density at radius 2 is 2.22 bits per heavy atom. The fraction of sp³-hybridized carbons (Fsp3) is 0.417. The van der Waals surface area contributed by atoms with Gasteiger partial charge in [0.25, 0.3) is 5.22 Å². The van der Waals surface area contributed by atoms with Crippen LogP contribution in [0.4, 0.5) is 5.82 Å². The van der Waals surface area contributed by atoms with E-state index < -0.39 is 0 Å². The summed E-state index contributed by atoms with van der Waals surface area (Å²) in [6.07, 6.45) is 5.08. The molecular formula is C12H16N4OS. The Morgan fingerprint density at radius 3 is 2.83 bits per heavy atom. The molecule has 0 saturated carbocycles. The molecule has 2 rings (SSSR count). The third-order valence-corrected chi connectivity index (χ3v) is 3.42. The molecular weight excluding hydrogens is 248 g/mol. The van der Waals surface area contributed by atoms with Gasteiger partial charge in [-0.05, 0) is 25.1 Å². The van der Waals surface area contributed by atoms with Crippen LogP contribution < -0.4 is 5.32 Å². The first-order chi connectivity index (χ1) is 8.74. The predicted molar refractivity (Wildman–Crippen MR) is 70.9 cm³/mol. The molecule has 2 aromatic rings. The van der Waals surface area contributed by atoms with E-state index in [1.807, 2.05) is 14.0 Å². The SMILES string of the molecule is CCCc1nc(NC)c(C)c(Sc2ncco2)n1.